The Bertz CT molecular complexity index is 614. The topological polar surface area (TPSA) is 43.8 Å². The molecule has 0 aliphatic heterocycles. The molecule has 1 saturated carbocycles. The minimum absolute atomic E-state index is 0.0220. The zero-order valence-corrected chi connectivity index (χ0v) is 14.0. The van der Waals surface area contributed by atoms with Gasteiger partial charge in [-0.2, -0.15) is 5.10 Å². The van der Waals surface area contributed by atoms with Crippen LogP contribution < -0.4 is 5.73 Å². The van der Waals surface area contributed by atoms with Crippen molar-refractivity contribution in [3.05, 3.63) is 51.8 Å². The maximum Gasteiger partial charge on any atom is 0.0643 e. The second-order valence-corrected chi connectivity index (χ2v) is 6.92. The summed E-state index contributed by atoms with van der Waals surface area (Å²) in [6.07, 6.45) is 8.07. The highest BCUT2D eigenvalue weighted by molar-refractivity contribution is 9.10. The second kappa shape index (κ2) is 6.32. The Morgan fingerprint density at radius 1 is 1.33 bits per heavy atom. The molecule has 1 aromatic heterocycles. The molecule has 2 aromatic rings. The summed E-state index contributed by atoms with van der Waals surface area (Å²) in [4.78, 5) is 0. The van der Waals surface area contributed by atoms with Gasteiger partial charge in [0.1, 0.15) is 0 Å². The summed E-state index contributed by atoms with van der Waals surface area (Å²) in [6, 6.07) is 9.01. The van der Waals surface area contributed by atoms with Gasteiger partial charge >= 0.3 is 0 Å². The van der Waals surface area contributed by atoms with E-state index in [9.17, 15) is 0 Å². The summed E-state index contributed by atoms with van der Waals surface area (Å²) in [5, 5.41) is 4.73. The maximum absolute atomic E-state index is 6.38. The normalized spacial score (nSPS) is 17.3. The third-order valence-corrected chi connectivity index (χ3v) is 5.06. The van der Waals surface area contributed by atoms with Crippen molar-refractivity contribution >= 4 is 15.9 Å². The zero-order valence-electron chi connectivity index (χ0n) is 12.4. The van der Waals surface area contributed by atoms with Crippen LogP contribution in [0.15, 0.2) is 34.9 Å². The van der Waals surface area contributed by atoms with Crippen molar-refractivity contribution < 1.29 is 0 Å². The number of aromatic nitrogens is 2. The molecule has 112 valence electrons. The molecule has 1 fully saturated rings. The van der Waals surface area contributed by atoms with Crippen molar-refractivity contribution in [3.63, 3.8) is 0 Å². The fraction of sp³-hybridized carbons (Fsp3) is 0.471. The second-order valence-electron chi connectivity index (χ2n) is 6.06. The summed E-state index contributed by atoms with van der Waals surface area (Å²) in [5.41, 5.74) is 9.86. The molecule has 4 heteroatoms. The van der Waals surface area contributed by atoms with Crippen LogP contribution in [0, 0.1) is 6.92 Å². The van der Waals surface area contributed by atoms with Gasteiger partial charge in [0.25, 0.3) is 0 Å². The number of nitrogens with zero attached hydrogens (tertiary/aromatic N) is 2. The summed E-state index contributed by atoms with van der Waals surface area (Å²) in [5.74, 6) is 0. The molecular weight excluding hydrogens is 326 g/mol. The maximum atomic E-state index is 6.38. The van der Waals surface area contributed by atoms with E-state index in [0.29, 0.717) is 6.04 Å². The zero-order chi connectivity index (χ0) is 14.8. The summed E-state index contributed by atoms with van der Waals surface area (Å²) in [7, 11) is 0. The first-order valence-corrected chi connectivity index (χ1v) is 8.48. The fourth-order valence-corrected chi connectivity index (χ4v) is 3.68. The number of hydrogen-bond acceptors (Lipinski definition) is 2. The third kappa shape index (κ3) is 3.38. The van der Waals surface area contributed by atoms with E-state index in [-0.39, 0.29) is 6.04 Å². The molecule has 0 spiro atoms. The first kappa shape index (κ1) is 14.8. The van der Waals surface area contributed by atoms with Gasteiger partial charge in [0.05, 0.1) is 11.7 Å². The van der Waals surface area contributed by atoms with E-state index in [2.05, 4.69) is 58.0 Å². The van der Waals surface area contributed by atoms with Crippen molar-refractivity contribution in [2.24, 2.45) is 5.73 Å². The van der Waals surface area contributed by atoms with E-state index in [4.69, 9.17) is 10.8 Å². The summed E-state index contributed by atoms with van der Waals surface area (Å²) >= 11 is 3.60. The van der Waals surface area contributed by atoms with Gasteiger partial charge in [0.15, 0.2) is 0 Å². The Morgan fingerprint density at radius 3 is 2.86 bits per heavy atom. The number of benzene rings is 1. The highest BCUT2D eigenvalue weighted by Crippen LogP contribution is 2.29. The molecule has 1 aliphatic carbocycles. The number of rotatable bonds is 4. The Morgan fingerprint density at radius 2 is 2.10 bits per heavy atom. The Hall–Kier alpha value is -1.13. The molecule has 0 bridgehead atoms. The highest BCUT2D eigenvalue weighted by atomic mass is 79.9. The smallest absolute Gasteiger partial charge is 0.0643 e. The van der Waals surface area contributed by atoms with E-state index in [1.807, 2.05) is 0 Å². The Kier molecular flexibility index (Phi) is 4.45. The average molecular weight is 348 g/mol. The van der Waals surface area contributed by atoms with E-state index in [1.54, 1.807) is 0 Å². The molecule has 0 amide bonds. The van der Waals surface area contributed by atoms with Gasteiger partial charge in [-0.15, -0.1) is 0 Å². The van der Waals surface area contributed by atoms with Gasteiger partial charge in [0, 0.05) is 23.1 Å². The summed E-state index contributed by atoms with van der Waals surface area (Å²) in [6.45, 7) is 2.09. The molecule has 0 saturated heterocycles. The fourth-order valence-electron chi connectivity index (χ4n) is 3.14. The van der Waals surface area contributed by atoms with E-state index < -0.39 is 0 Å². The number of nitrogens with two attached hydrogens (primary N) is 1. The number of aryl methyl sites for hydroxylation is 1. The lowest BCUT2D eigenvalue weighted by Crippen LogP contribution is -2.15. The minimum Gasteiger partial charge on any atom is -0.324 e. The average Bonchev–Trinajstić information content (AvgIpc) is 3.11. The lowest BCUT2D eigenvalue weighted by atomic mass is 10.0. The molecule has 21 heavy (non-hydrogen) atoms. The quantitative estimate of drug-likeness (QED) is 0.895. The third-order valence-electron chi connectivity index (χ3n) is 4.34. The molecule has 3 rings (SSSR count). The van der Waals surface area contributed by atoms with Crippen LogP contribution in [0.1, 0.15) is 54.6 Å². The highest BCUT2D eigenvalue weighted by Gasteiger charge is 2.18. The predicted molar refractivity (Wildman–Crippen MR) is 89.2 cm³/mol. The van der Waals surface area contributed by atoms with Crippen molar-refractivity contribution in [1.29, 1.82) is 0 Å². The van der Waals surface area contributed by atoms with Crippen molar-refractivity contribution in [3.8, 4) is 0 Å². The van der Waals surface area contributed by atoms with Gasteiger partial charge < -0.3 is 5.73 Å². The largest absolute Gasteiger partial charge is 0.324 e. The Balaban J connectivity index is 1.72. The van der Waals surface area contributed by atoms with E-state index >= 15 is 0 Å². The monoisotopic (exact) mass is 347 g/mol. The van der Waals surface area contributed by atoms with Crippen molar-refractivity contribution in [1.82, 2.24) is 9.78 Å². The van der Waals surface area contributed by atoms with Crippen LogP contribution in [0.5, 0.6) is 0 Å². The molecule has 2 N–H and O–H groups in total. The first-order chi connectivity index (χ1) is 10.1. The lowest BCUT2D eigenvalue weighted by molar-refractivity contribution is 0.461. The minimum atomic E-state index is -0.0220. The van der Waals surface area contributed by atoms with Gasteiger partial charge in [-0.1, -0.05) is 46.5 Å². The SMILES string of the molecule is Cc1ccc(Br)c(C(N)Cc2ccn(C3CCCC3)n2)c1. The van der Waals surface area contributed by atoms with Crippen LogP contribution in [0.4, 0.5) is 0 Å². The summed E-state index contributed by atoms with van der Waals surface area (Å²) < 4.78 is 3.22. The molecular formula is C17H22BrN3. The molecule has 0 radical (unpaired) electrons. The van der Waals surface area contributed by atoms with Crippen LogP contribution in [-0.2, 0) is 6.42 Å². The van der Waals surface area contributed by atoms with Gasteiger partial charge in [0.2, 0.25) is 0 Å². The molecule has 1 unspecified atom stereocenters. The van der Waals surface area contributed by atoms with Crippen molar-refractivity contribution in [2.45, 2.75) is 51.1 Å². The van der Waals surface area contributed by atoms with E-state index in [1.165, 1.54) is 31.2 Å². The first-order valence-electron chi connectivity index (χ1n) is 7.69. The molecule has 3 nitrogen and oxygen atoms in total. The van der Waals surface area contributed by atoms with Gasteiger partial charge in [-0.25, -0.2) is 0 Å². The lowest BCUT2D eigenvalue weighted by Gasteiger charge is -2.14. The number of halogens is 1. The van der Waals surface area contributed by atoms with Gasteiger partial charge in [-0.3, -0.25) is 4.68 Å². The Labute approximate surface area is 134 Å². The predicted octanol–water partition coefficient (Wildman–Crippen LogP) is 4.31. The standard InChI is InChI=1S/C17H22BrN3/c1-12-6-7-16(18)15(10-12)17(19)11-13-8-9-21(20-13)14-4-2-3-5-14/h6-10,14,17H,2-5,11,19H2,1H3. The van der Waals surface area contributed by atoms with Crippen LogP contribution >= 0.6 is 15.9 Å². The van der Waals surface area contributed by atoms with Crippen LogP contribution in [0.2, 0.25) is 0 Å². The molecule has 1 heterocycles. The van der Waals surface area contributed by atoms with Crippen LogP contribution in [0.25, 0.3) is 0 Å². The van der Waals surface area contributed by atoms with Crippen LogP contribution in [-0.4, -0.2) is 9.78 Å². The van der Waals surface area contributed by atoms with Gasteiger partial charge in [-0.05, 0) is 37.5 Å². The molecule has 1 aliphatic rings. The molecule has 1 aromatic carbocycles. The van der Waals surface area contributed by atoms with Crippen LogP contribution in [0.3, 0.4) is 0 Å². The molecule has 1 atom stereocenters. The van der Waals surface area contributed by atoms with Crippen molar-refractivity contribution in [2.75, 3.05) is 0 Å². The number of hydrogen-bond donors (Lipinski definition) is 1. The van der Waals surface area contributed by atoms with E-state index in [0.717, 1.165) is 22.2 Å².